The zero-order chi connectivity index (χ0) is 21.5. The van der Waals surface area contributed by atoms with E-state index in [9.17, 15) is 14.7 Å². The van der Waals surface area contributed by atoms with Gasteiger partial charge in [0.25, 0.3) is 0 Å². The van der Waals surface area contributed by atoms with Crippen molar-refractivity contribution in [2.24, 2.45) is 0 Å². The van der Waals surface area contributed by atoms with Crippen LogP contribution in [0.25, 0.3) is 0 Å². The van der Waals surface area contributed by atoms with E-state index in [1.54, 1.807) is 5.38 Å². The highest BCUT2D eigenvalue weighted by Gasteiger charge is 2.31. The van der Waals surface area contributed by atoms with Crippen LogP contribution in [0.15, 0.2) is 34.0 Å². The number of thioether (sulfide) groups is 1. The third kappa shape index (κ3) is 5.83. The van der Waals surface area contributed by atoms with Crippen LogP contribution in [-0.2, 0) is 4.79 Å². The Morgan fingerprint density at radius 3 is 2.77 bits per heavy atom. The van der Waals surface area contributed by atoms with Crippen LogP contribution in [0.2, 0.25) is 0 Å². The number of aromatic nitrogens is 1. The van der Waals surface area contributed by atoms with E-state index in [1.165, 1.54) is 23.1 Å². The number of aromatic carboxylic acids is 1. The zero-order valence-electron chi connectivity index (χ0n) is 17.1. The number of nitrogens with zero attached hydrogens (tertiary/aromatic N) is 2. The molecule has 0 saturated carbocycles. The number of thiazole rings is 1. The molecule has 0 spiro atoms. The van der Waals surface area contributed by atoms with Crippen LogP contribution >= 0.6 is 23.1 Å². The van der Waals surface area contributed by atoms with Gasteiger partial charge in [0.05, 0.1) is 6.10 Å². The topological polar surface area (TPSA) is 90.7 Å². The molecule has 1 aliphatic rings. The molecule has 2 N–H and O–H groups in total. The molecule has 1 fully saturated rings. The van der Waals surface area contributed by atoms with Crippen LogP contribution in [0.4, 0.5) is 5.69 Å². The zero-order valence-corrected chi connectivity index (χ0v) is 18.8. The molecule has 0 bridgehead atoms. The first kappa shape index (κ1) is 22.8. The fourth-order valence-corrected chi connectivity index (χ4v) is 5.60. The summed E-state index contributed by atoms with van der Waals surface area (Å²) in [5, 5.41) is 20.9. The lowest BCUT2D eigenvalue weighted by molar-refractivity contribution is -0.117. The van der Waals surface area contributed by atoms with Gasteiger partial charge < -0.3 is 15.1 Å². The van der Waals surface area contributed by atoms with Gasteiger partial charge in [-0.1, -0.05) is 50.1 Å². The first-order valence-electron chi connectivity index (χ1n) is 10.4. The summed E-state index contributed by atoms with van der Waals surface area (Å²) in [4.78, 5) is 29.4. The highest BCUT2D eigenvalue weighted by atomic mass is 32.2. The molecule has 2 atom stereocenters. The van der Waals surface area contributed by atoms with Crippen LogP contribution in [0.5, 0.6) is 0 Å². The minimum absolute atomic E-state index is 0.0807. The smallest absolute Gasteiger partial charge is 0.355 e. The third-order valence-corrected chi connectivity index (χ3v) is 7.40. The van der Waals surface area contributed by atoms with E-state index in [1.807, 2.05) is 29.2 Å². The quantitative estimate of drug-likeness (QED) is 0.366. The molecule has 162 valence electrons. The monoisotopic (exact) mass is 448 g/mol. The summed E-state index contributed by atoms with van der Waals surface area (Å²) in [7, 11) is 0. The largest absolute Gasteiger partial charge is 0.476 e. The third-order valence-electron chi connectivity index (χ3n) is 5.34. The SMILES string of the molecule is CCCCCC(O)c1ccc(N2C(=O)CC[C@@H]2CCSc2nc(C(=O)O)cs2)cc1. The molecule has 6 nitrogen and oxygen atoms in total. The van der Waals surface area contributed by atoms with Crippen molar-refractivity contribution in [2.75, 3.05) is 10.7 Å². The van der Waals surface area contributed by atoms with Crippen LogP contribution in [0.1, 0.15) is 74.0 Å². The number of carbonyl (C=O) groups is 2. The Labute approximate surface area is 185 Å². The van der Waals surface area contributed by atoms with Crippen molar-refractivity contribution in [3.63, 3.8) is 0 Å². The van der Waals surface area contributed by atoms with E-state index >= 15 is 0 Å². The Bertz CT molecular complexity index is 853. The number of unbranched alkanes of at least 4 members (excludes halogenated alkanes) is 2. The number of hydrogen-bond donors (Lipinski definition) is 2. The average molecular weight is 449 g/mol. The molecular formula is C22H28N2O4S2. The second-order valence-corrected chi connectivity index (χ2v) is 9.70. The summed E-state index contributed by atoms with van der Waals surface area (Å²) in [6, 6.07) is 7.84. The number of rotatable bonds is 11. The Balaban J connectivity index is 1.56. The summed E-state index contributed by atoms with van der Waals surface area (Å²) < 4.78 is 0.740. The van der Waals surface area contributed by atoms with Gasteiger partial charge in [-0.15, -0.1) is 11.3 Å². The van der Waals surface area contributed by atoms with Crippen molar-refractivity contribution < 1.29 is 19.8 Å². The predicted octanol–water partition coefficient (Wildman–Crippen LogP) is 5.13. The molecule has 2 heterocycles. The molecular weight excluding hydrogens is 420 g/mol. The Kier molecular flexibility index (Phi) is 8.30. The number of anilines is 1. The van der Waals surface area contributed by atoms with Gasteiger partial charge in [-0.25, -0.2) is 9.78 Å². The van der Waals surface area contributed by atoms with Gasteiger partial charge in [-0.05, 0) is 37.0 Å². The molecule has 1 aromatic heterocycles. The van der Waals surface area contributed by atoms with E-state index in [0.717, 1.165) is 59.9 Å². The number of carbonyl (C=O) groups excluding carboxylic acids is 1. The number of aliphatic hydroxyl groups excluding tert-OH is 1. The first-order valence-corrected chi connectivity index (χ1v) is 12.3. The van der Waals surface area contributed by atoms with Crippen LogP contribution in [0, 0.1) is 0 Å². The van der Waals surface area contributed by atoms with Crippen molar-refractivity contribution in [3.8, 4) is 0 Å². The fourth-order valence-electron chi connectivity index (χ4n) is 3.69. The molecule has 30 heavy (non-hydrogen) atoms. The summed E-state index contributed by atoms with van der Waals surface area (Å²) >= 11 is 2.87. The van der Waals surface area contributed by atoms with Crippen molar-refractivity contribution >= 4 is 40.7 Å². The van der Waals surface area contributed by atoms with Gasteiger partial charge in [-0.3, -0.25) is 4.79 Å². The average Bonchev–Trinajstić information content (AvgIpc) is 3.35. The molecule has 1 aromatic carbocycles. The molecule has 2 aromatic rings. The number of hydrogen-bond acceptors (Lipinski definition) is 6. The van der Waals surface area contributed by atoms with Gasteiger partial charge in [0, 0.05) is 29.3 Å². The van der Waals surface area contributed by atoms with Crippen LogP contribution in [0.3, 0.4) is 0 Å². The van der Waals surface area contributed by atoms with Gasteiger partial charge in [0.15, 0.2) is 10.0 Å². The molecule has 1 saturated heterocycles. The molecule has 8 heteroatoms. The van der Waals surface area contributed by atoms with E-state index in [4.69, 9.17) is 5.11 Å². The summed E-state index contributed by atoms with van der Waals surface area (Å²) in [6.45, 7) is 2.15. The maximum Gasteiger partial charge on any atom is 0.355 e. The molecule has 3 rings (SSSR count). The van der Waals surface area contributed by atoms with Crippen molar-refractivity contribution in [1.29, 1.82) is 0 Å². The molecule has 0 aliphatic carbocycles. The normalized spacial score (nSPS) is 17.5. The highest BCUT2D eigenvalue weighted by molar-refractivity contribution is 8.01. The number of aliphatic hydroxyl groups is 1. The summed E-state index contributed by atoms with van der Waals surface area (Å²) in [5.74, 6) is -0.108. The van der Waals surface area contributed by atoms with Gasteiger partial charge in [0.2, 0.25) is 5.91 Å². The van der Waals surface area contributed by atoms with E-state index in [-0.39, 0.29) is 17.6 Å². The molecule has 1 unspecified atom stereocenters. The lowest BCUT2D eigenvalue weighted by atomic mass is 10.0. The second kappa shape index (κ2) is 10.9. The minimum atomic E-state index is -1.01. The Morgan fingerprint density at radius 1 is 1.33 bits per heavy atom. The Hall–Kier alpha value is -1.90. The number of amides is 1. The van der Waals surface area contributed by atoms with Gasteiger partial charge >= 0.3 is 5.97 Å². The van der Waals surface area contributed by atoms with Crippen molar-refractivity contribution in [1.82, 2.24) is 4.98 Å². The number of carboxylic acid groups (broad SMARTS) is 1. The maximum absolute atomic E-state index is 12.5. The predicted molar refractivity (Wildman–Crippen MR) is 120 cm³/mol. The number of benzene rings is 1. The summed E-state index contributed by atoms with van der Waals surface area (Å²) in [6.07, 6.45) is 5.74. The second-order valence-electron chi connectivity index (χ2n) is 7.50. The minimum Gasteiger partial charge on any atom is -0.476 e. The molecule has 1 amide bonds. The van der Waals surface area contributed by atoms with Gasteiger partial charge in [-0.2, -0.15) is 0 Å². The first-order chi connectivity index (χ1) is 14.5. The van der Waals surface area contributed by atoms with E-state index < -0.39 is 12.1 Å². The summed E-state index contributed by atoms with van der Waals surface area (Å²) in [5.41, 5.74) is 1.85. The fraction of sp³-hybridized carbons (Fsp3) is 0.500. The maximum atomic E-state index is 12.5. The lowest BCUT2D eigenvalue weighted by Crippen LogP contribution is -2.33. The molecule has 0 radical (unpaired) electrons. The highest BCUT2D eigenvalue weighted by Crippen LogP contribution is 2.32. The standard InChI is InChI=1S/C22H28N2O4S2/c1-2-3-4-5-19(25)15-6-8-16(9-7-15)24-17(10-11-20(24)26)12-13-29-22-23-18(14-30-22)21(27)28/h6-9,14,17,19,25H,2-5,10-13H2,1H3,(H,27,28)/t17-,19?/m1/s1. The van der Waals surface area contributed by atoms with Crippen molar-refractivity contribution in [2.45, 2.75) is 68.4 Å². The molecule has 1 aliphatic heterocycles. The lowest BCUT2D eigenvalue weighted by Gasteiger charge is -2.25. The van der Waals surface area contributed by atoms with Crippen molar-refractivity contribution in [3.05, 3.63) is 40.9 Å². The van der Waals surface area contributed by atoms with E-state index in [2.05, 4.69) is 11.9 Å². The van der Waals surface area contributed by atoms with Crippen LogP contribution < -0.4 is 4.90 Å². The number of carboxylic acids is 1. The van der Waals surface area contributed by atoms with Crippen LogP contribution in [-0.4, -0.2) is 38.9 Å². The van der Waals surface area contributed by atoms with Gasteiger partial charge in [0.1, 0.15) is 0 Å². The Morgan fingerprint density at radius 2 is 2.10 bits per heavy atom. The van der Waals surface area contributed by atoms with E-state index in [0.29, 0.717) is 6.42 Å².